The number of carbonyl (C=O) groups excluding carboxylic acids is 4. The molecule has 2 aromatic carbocycles. The molecule has 1 aliphatic rings. The molecule has 43 heavy (non-hydrogen) atoms. The summed E-state index contributed by atoms with van der Waals surface area (Å²) in [4.78, 5) is 57.8. The molecule has 0 aliphatic carbocycles. The summed E-state index contributed by atoms with van der Waals surface area (Å²) in [6.07, 6.45) is 2.90. The molecule has 2 aromatic rings. The first-order chi connectivity index (χ1) is 20.3. The van der Waals surface area contributed by atoms with Gasteiger partial charge in [-0.25, -0.2) is 4.79 Å². The summed E-state index contributed by atoms with van der Waals surface area (Å²) in [5.74, 6) is -2.52. The Morgan fingerprint density at radius 3 is 2.21 bits per heavy atom. The van der Waals surface area contributed by atoms with Crippen molar-refractivity contribution in [2.75, 3.05) is 7.11 Å². The Balaban J connectivity index is 1.83. The van der Waals surface area contributed by atoms with Crippen LogP contribution in [0.4, 0.5) is 0 Å². The number of hydrogen-bond donors (Lipinski definition) is 2. The van der Waals surface area contributed by atoms with E-state index in [4.69, 9.17) is 14.3 Å². The van der Waals surface area contributed by atoms with E-state index in [2.05, 4.69) is 15.8 Å². The largest absolute Gasteiger partial charge is 0.467 e. The van der Waals surface area contributed by atoms with E-state index in [1.54, 1.807) is 26.8 Å². The quantitative estimate of drug-likeness (QED) is 0.282. The molecule has 0 radical (unpaired) electrons. The van der Waals surface area contributed by atoms with Crippen LogP contribution >= 0.6 is 0 Å². The molecular weight excluding hydrogens is 550 g/mol. The maximum Gasteiger partial charge on any atom is 0.328 e. The monoisotopic (exact) mass is 591 g/mol. The number of oxime groups is 1. The minimum absolute atomic E-state index is 0.0413. The first-order valence-corrected chi connectivity index (χ1v) is 14.2. The highest BCUT2D eigenvalue weighted by molar-refractivity contribution is 6.02. The van der Waals surface area contributed by atoms with Crippen molar-refractivity contribution in [2.24, 2.45) is 11.1 Å². The van der Waals surface area contributed by atoms with Gasteiger partial charge in [0.2, 0.25) is 11.5 Å². The summed E-state index contributed by atoms with van der Waals surface area (Å²) >= 11 is 0. The van der Waals surface area contributed by atoms with Crippen LogP contribution in [0.3, 0.4) is 0 Å². The number of nitrogens with zero attached hydrogens (tertiary/aromatic N) is 1. The molecule has 230 valence electrons. The highest BCUT2D eigenvalue weighted by Gasteiger charge is 2.49. The number of ether oxygens (including phenoxy) is 2. The van der Waals surface area contributed by atoms with Crippen LogP contribution in [0.25, 0.3) is 6.08 Å². The van der Waals surface area contributed by atoms with Crippen LogP contribution in [0, 0.1) is 5.92 Å². The van der Waals surface area contributed by atoms with E-state index in [0.29, 0.717) is 5.71 Å². The first-order valence-electron chi connectivity index (χ1n) is 14.2. The molecule has 10 heteroatoms. The van der Waals surface area contributed by atoms with Crippen molar-refractivity contribution in [3.63, 3.8) is 0 Å². The predicted octanol–water partition coefficient (Wildman–Crippen LogP) is 3.99. The highest BCUT2D eigenvalue weighted by atomic mass is 16.7. The van der Waals surface area contributed by atoms with E-state index in [0.717, 1.165) is 11.1 Å². The van der Waals surface area contributed by atoms with Gasteiger partial charge in [-0.05, 0) is 43.9 Å². The molecule has 0 saturated heterocycles. The Morgan fingerprint density at radius 1 is 1.00 bits per heavy atom. The van der Waals surface area contributed by atoms with Crippen molar-refractivity contribution in [2.45, 2.75) is 77.2 Å². The van der Waals surface area contributed by atoms with Gasteiger partial charge < -0.3 is 24.9 Å². The van der Waals surface area contributed by atoms with Gasteiger partial charge in [-0.1, -0.05) is 79.7 Å². The molecular formula is C33H41N3O7. The maximum absolute atomic E-state index is 13.9. The van der Waals surface area contributed by atoms with Gasteiger partial charge in [0.25, 0.3) is 5.91 Å². The van der Waals surface area contributed by atoms with Gasteiger partial charge in [-0.3, -0.25) is 14.4 Å². The lowest BCUT2D eigenvalue weighted by Crippen LogP contribution is -2.55. The fourth-order valence-electron chi connectivity index (χ4n) is 4.64. The SMILES string of the molecule is COC(=O)[C@H](CC(=O)OC(C)(C)C)NC(=O)C1(Cc2ccccc2)CC([C@@H](NC(=O)C=Cc2ccccc2)C(C)C)=NO1. The molecule has 1 unspecified atom stereocenters. The van der Waals surface area contributed by atoms with Gasteiger partial charge in [0, 0.05) is 18.9 Å². The molecule has 2 amide bonds. The third kappa shape index (κ3) is 9.80. The summed E-state index contributed by atoms with van der Waals surface area (Å²) in [5, 5.41) is 9.92. The average molecular weight is 592 g/mol. The van der Waals surface area contributed by atoms with Gasteiger partial charge in [-0.15, -0.1) is 0 Å². The summed E-state index contributed by atoms with van der Waals surface area (Å²) < 4.78 is 10.2. The molecule has 0 spiro atoms. The number of hydrogen-bond acceptors (Lipinski definition) is 8. The zero-order valence-corrected chi connectivity index (χ0v) is 25.6. The number of methoxy groups -OCH3 is 1. The Labute approximate surface area is 252 Å². The number of esters is 2. The molecule has 0 saturated carbocycles. The van der Waals surface area contributed by atoms with E-state index in [1.807, 2.05) is 74.5 Å². The second-order valence-electron chi connectivity index (χ2n) is 11.8. The lowest BCUT2D eigenvalue weighted by Gasteiger charge is -2.29. The van der Waals surface area contributed by atoms with Crippen LogP contribution in [-0.4, -0.2) is 59.9 Å². The fourth-order valence-corrected chi connectivity index (χ4v) is 4.64. The van der Waals surface area contributed by atoms with Gasteiger partial charge in [0.05, 0.1) is 25.3 Å². The predicted molar refractivity (Wildman–Crippen MR) is 163 cm³/mol. The van der Waals surface area contributed by atoms with Gasteiger partial charge in [0.15, 0.2) is 0 Å². The molecule has 3 atom stereocenters. The van der Waals surface area contributed by atoms with Crippen molar-refractivity contribution in [1.29, 1.82) is 0 Å². The molecule has 0 bridgehead atoms. The topological polar surface area (TPSA) is 132 Å². The van der Waals surface area contributed by atoms with Gasteiger partial charge in [-0.2, -0.15) is 0 Å². The van der Waals surface area contributed by atoms with Crippen LogP contribution in [0.15, 0.2) is 71.9 Å². The summed E-state index contributed by atoms with van der Waals surface area (Å²) in [6, 6.07) is 16.8. The van der Waals surface area contributed by atoms with E-state index in [9.17, 15) is 19.2 Å². The lowest BCUT2D eigenvalue weighted by atomic mass is 9.84. The fraction of sp³-hybridized carbons (Fsp3) is 0.424. The number of carbonyl (C=O) groups is 4. The van der Waals surface area contributed by atoms with E-state index >= 15 is 0 Å². The molecule has 2 N–H and O–H groups in total. The smallest absolute Gasteiger partial charge is 0.328 e. The van der Waals surface area contributed by atoms with Crippen LogP contribution in [0.2, 0.25) is 0 Å². The van der Waals surface area contributed by atoms with E-state index in [1.165, 1.54) is 13.2 Å². The van der Waals surface area contributed by atoms with Crippen LogP contribution < -0.4 is 10.6 Å². The summed E-state index contributed by atoms with van der Waals surface area (Å²) in [7, 11) is 1.17. The lowest BCUT2D eigenvalue weighted by molar-refractivity contribution is -0.160. The van der Waals surface area contributed by atoms with Gasteiger partial charge in [0.1, 0.15) is 11.6 Å². The van der Waals surface area contributed by atoms with Crippen molar-refractivity contribution in [3.8, 4) is 0 Å². The van der Waals surface area contributed by atoms with Crippen LogP contribution in [0.5, 0.6) is 0 Å². The Kier molecular flexibility index (Phi) is 11.2. The molecule has 0 aromatic heterocycles. The summed E-state index contributed by atoms with van der Waals surface area (Å²) in [5.41, 5.74) is -0.170. The minimum atomic E-state index is -1.55. The minimum Gasteiger partial charge on any atom is -0.467 e. The zero-order valence-electron chi connectivity index (χ0n) is 25.6. The highest BCUT2D eigenvalue weighted by Crippen LogP contribution is 2.31. The van der Waals surface area contributed by atoms with Crippen LogP contribution in [-0.2, 0) is 39.9 Å². The Hall–Kier alpha value is -4.47. The number of benzene rings is 2. The molecule has 0 fully saturated rings. The summed E-state index contributed by atoms with van der Waals surface area (Å²) in [6.45, 7) is 8.98. The second-order valence-corrected chi connectivity index (χ2v) is 11.8. The Morgan fingerprint density at radius 2 is 1.63 bits per heavy atom. The number of rotatable bonds is 12. The van der Waals surface area contributed by atoms with Gasteiger partial charge >= 0.3 is 11.9 Å². The first kappa shape index (κ1) is 33.0. The third-order valence-corrected chi connectivity index (χ3v) is 6.68. The van der Waals surface area contributed by atoms with Crippen LogP contribution in [0.1, 0.15) is 58.6 Å². The zero-order chi connectivity index (χ0) is 31.6. The maximum atomic E-state index is 13.9. The molecule has 3 rings (SSSR count). The average Bonchev–Trinajstić information content (AvgIpc) is 3.38. The Bertz CT molecular complexity index is 1330. The number of amides is 2. The van der Waals surface area contributed by atoms with Crippen molar-refractivity contribution >= 4 is 35.5 Å². The van der Waals surface area contributed by atoms with Crippen molar-refractivity contribution in [3.05, 3.63) is 77.9 Å². The number of nitrogens with one attached hydrogen (secondary N) is 2. The molecule has 1 heterocycles. The van der Waals surface area contributed by atoms with Crippen molar-refractivity contribution in [1.82, 2.24) is 10.6 Å². The standard InChI is InChI=1S/C33H41N3O7/c1-22(2)29(35-27(37)18-17-23-13-9-7-10-14-23)26-21-33(43-36-26,20-24-15-11-8-12-16-24)31(40)34-25(30(39)41-6)19-28(38)42-32(3,4)5/h7-18,22,25,29H,19-21H2,1-6H3,(H,34,40)(H,35,37)/t25-,29-,33?/m0/s1. The molecule has 1 aliphatic heterocycles. The molecule has 10 nitrogen and oxygen atoms in total. The van der Waals surface area contributed by atoms with E-state index < -0.39 is 47.6 Å². The third-order valence-electron chi connectivity index (χ3n) is 6.68. The second kappa shape index (κ2) is 14.6. The van der Waals surface area contributed by atoms with Crippen molar-refractivity contribution < 1.29 is 33.5 Å². The normalized spacial score (nSPS) is 17.9. The van der Waals surface area contributed by atoms with E-state index in [-0.39, 0.29) is 24.7 Å².